The Bertz CT molecular complexity index is 243. The van der Waals surface area contributed by atoms with E-state index in [0.717, 1.165) is 6.42 Å². The first-order valence-electron chi connectivity index (χ1n) is 4.89. The van der Waals surface area contributed by atoms with Gasteiger partial charge in [-0.15, -0.1) is 0 Å². The lowest BCUT2D eigenvalue weighted by atomic mass is 10.0. The van der Waals surface area contributed by atoms with Crippen molar-refractivity contribution >= 4 is 0 Å². The zero-order valence-corrected chi connectivity index (χ0v) is 9.18. The summed E-state index contributed by atoms with van der Waals surface area (Å²) in [5.74, 6) is 0.152. The molecule has 2 atom stereocenters. The monoisotopic (exact) mass is 211 g/mol. The van der Waals surface area contributed by atoms with Crippen LogP contribution >= 0.6 is 0 Å². The smallest absolute Gasteiger partial charge is 0.100 e. The summed E-state index contributed by atoms with van der Waals surface area (Å²) in [5, 5.41) is 15.4. The third kappa shape index (κ3) is 6.75. The molecule has 0 radical (unpaired) electrons. The quantitative estimate of drug-likeness (QED) is 0.285. The average molecular weight is 211 g/mol. The molecule has 0 fully saturated rings. The van der Waals surface area contributed by atoms with E-state index in [9.17, 15) is 0 Å². The van der Waals surface area contributed by atoms with Crippen molar-refractivity contribution in [3.8, 4) is 6.07 Å². The minimum Gasteiger partial charge on any atom is -0.384 e. The molecule has 0 aromatic heterocycles. The van der Waals surface area contributed by atoms with Crippen LogP contribution in [0.1, 0.15) is 13.3 Å². The molecule has 0 bridgehead atoms. The molecule has 0 heterocycles. The van der Waals surface area contributed by atoms with Gasteiger partial charge in [-0.05, 0) is 18.5 Å². The van der Waals surface area contributed by atoms with Crippen molar-refractivity contribution < 1.29 is 4.74 Å². The highest BCUT2D eigenvalue weighted by atomic mass is 16.5. The predicted molar refractivity (Wildman–Crippen MR) is 57.1 cm³/mol. The summed E-state index contributed by atoms with van der Waals surface area (Å²) in [7, 11) is 1.62. The van der Waals surface area contributed by atoms with Gasteiger partial charge in [0.05, 0.1) is 12.7 Å². The van der Waals surface area contributed by atoms with Gasteiger partial charge in [-0.1, -0.05) is 12.0 Å². The Morgan fingerprint density at radius 2 is 2.40 bits per heavy atom. The minimum atomic E-state index is -0.212. The zero-order chi connectivity index (χ0) is 11.5. The Morgan fingerprint density at radius 3 is 2.93 bits per heavy atom. The van der Waals surface area contributed by atoms with Gasteiger partial charge in [-0.25, -0.2) is 0 Å². The first-order valence-corrected chi connectivity index (χ1v) is 4.89. The fraction of sp³-hybridized carbons (Fsp3) is 0.889. The minimum absolute atomic E-state index is 0.152. The van der Waals surface area contributed by atoms with Crippen LogP contribution in [0.3, 0.4) is 0 Å². The van der Waals surface area contributed by atoms with Crippen LogP contribution in [0.15, 0.2) is 5.11 Å². The van der Waals surface area contributed by atoms with E-state index in [0.29, 0.717) is 19.7 Å². The Labute approximate surface area is 89.8 Å². The molecule has 1 N–H and O–H groups in total. The van der Waals surface area contributed by atoms with Crippen LogP contribution < -0.4 is 5.32 Å². The van der Waals surface area contributed by atoms with E-state index in [1.54, 1.807) is 7.11 Å². The SMILES string of the molecule is COCC(C)C(C#N)NCCCN=[N+]=[N-]. The molecule has 0 saturated carbocycles. The third-order valence-corrected chi connectivity index (χ3v) is 2.00. The van der Waals surface area contributed by atoms with Gasteiger partial charge < -0.3 is 10.1 Å². The zero-order valence-electron chi connectivity index (χ0n) is 9.18. The van der Waals surface area contributed by atoms with Crippen LogP contribution in [-0.4, -0.2) is 32.8 Å². The predicted octanol–water partition coefficient (Wildman–Crippen LogP) is 1.45. The number of hydrogen-bond acceptors (Lipinski definition) is 4. The first-order chi connectivity index (χ1) is 7.26. The van der Waals surface area contributed by atoms with E-state index in [2.05, 4.69) is 21.4 Å². The van der Waals surface area contributed by atoms with Crippen LogP contribution in [0.5, 0.6) is 0 Å². The second kappa shape index (κ2) is 9.28. The normalized spacial score (nSPS) is 13.7. The van der Waals surface area contributed by atoms with Crippen molar-refractivity contribution in [1.29, 1.82) is 5.26 Å². The van der Waals surface area contributed by atoms with Gasteiger partial charge in [0.15, 0.2) is 0 Å². The molecule has 0 aliphatic heterocycles. The molecule has 6 heteroatoms. The lowest BCUT2D eigenvalue weighted by molar-refractivity contribution is 0.149. The van der Waals surface area contributed by atoms with E-state index in [-0.39, 0.29) is 12.0 Å². The van der Waals surface area contributed by atoms with Crippen molar-refractivity contribution in [1.82, 2.24) is 5.32 Å². The summed E-state index contributed by atoms with van der Waals surface area (Å²) < 4.78 is 4.97. The average Bonchev–Trinajstić information content (AvgIpc) is 2.23. The number of ether oxygens (including phenoxy) is 1. The summed E-state index contributed by atoms with van der Waals surface area (Å²) in [5.41, 5.74) is 8.05. The van der Waals surface area contributed by atoms with Crippen molar-refractivity contribution in [3.05, 3.63) is 10.4 Å². The van der Waals surface area contributed by atoms with Crippen molar-refractivity contribution in [2.45, 2.75) is 19.4 Å². The highest BCUT2D eigenvalue weighted by Crippen LogP contribution is 2.02. The maximum atomic E-state index is 8.88. The van der Waals surface area contributed by atoms with Gasteiger partial charge in [0, 0.05) is 24.5 Å². The summed E-state index contributed by atoms with van der Waals surface area (Å²) in [6.07, 6.45) is 0.738. The fourth-order valence-corrected chi connectivity index (χ4v) is 1.19. The van der Waals surface area contributed by atoms with Crippen LogP contribution in [0.2, 0.25) is 0 Å². The van der Waals surface area contributed by atoms with E-state index in [1.807, 2.05) is 6.92 Å². The van der Waals surface area contributed by atoms with E-state index in [1.165, 1.54) is 0 Å². The Hall–Kier alpha value is -1.28. The molecule has 0 aliphatic carbocycles. The largest absolute Gasteiger partial charge is 0.384 e. The van der Waals surface area contributed by atoms with Gasteiger partial charge in [-0.3, -0.25) is 0 Å². The van der Waals surface area contributed by atoms with Crippen molar-refractivity contribution in [3.63, 3.8) is 0 Å². The van der Waals surface area contributed by atoms with Crippen molar-refractivity contribution in [2.75, 3.05) is 26.8 Å². The number of methoxy groups -OCH3 is 1. The number of azide groups is 1. The van der Waals surface area contributed by atoms with Gasteiger partial charge >= 0.3 is 0 Å². The molecule has 6 nitrogen and oxygen atoms in total. The second-order valence-corrected chi connectivity index (χ2v) is 3.30. The van der Waals surface area contributed by atoms with Crippen LogP contribution in [0, 0.1) is 17.2 Å². The van der Waals surface area contributed by atoms with Crippen molar-refractivity contribution in [2.24, 2.45) is 11.0 Å². The molecular formula is C9H17N5O. The van der Waals surface area contributed by atoms with E-state index < -0.39 is 0 Å². The van der Waals surface area contributed by atoms with E-state index in [4.69, 9.17) is 15.5 Å². The summed E-state index contributed by atoms with van der Waals surface area (Å²) >= 11 is 0. The third-order valence-electron chi connectivity index (χ3n) is 2.00. The second-order valence-electron chi connectivity index (χ2n) is 3.30. The first kappa shape index (κ1) is 13.7. The molecule has 84 valence electrons. The van der Waals surface area contributed by atoms with Crippen LogP contribution in [0.4, 0.5) is 0 Å². The highest BCUT2D eigenvalue weighted by molar-refractivity contribution is 4.93. The van der Waals surface area contributed by atoms with Gasteiger partial charge in [0.2, 0.25) is 0 Å². The Balaban J connectivity index is 3.71. The molecule has 0 rings (SSSR count). The summed E-state index contributed by atoms with van der Waals surface area (Å²) in [6.45, 7) is 3.64. The maximum absolute atomic E-state index is 8.88. The lowest BCUT2D eigenvalue weighted by Gasteiger charge is -2.17. The highest BCUT2D eigenvalue weighted by Gasteiger charge is 2.14. The number of nitrogens with one attached hydrogen (secondary N) is 1. The standard InChI is InChI=1S/C9H17N5O/c1-8(7-15-2)9(6-10)12-4-3-5-13-14-11/h8-9,12H,3-5,7H2,1-2H3. The lowest BCUT2D eigenvalue weighted by Crippen LogP contribution is -2.36. The molecular weight excluding hydrogens is 194 g/mol. The van der Waals surface area contributed by atoms with Crippen LogP contribution in [0.25, 0.3) is 10.4 Å². The van der Waals surface area contributed by atoms with Gasteiger partial charge in [0.1, 0.15) is 6.04 Å². The van der Waals surface area contributed by atoms with E-state index >= 15 is 0 Å². The van der Waals surface area contributed by atoms with Gasteiger partial charge in [0.25, 0.3) is 0 Å². The number of nitrogens with zero attached hydrogens (tertiary/aromatic N) is 4. The molecule has 0 amide bonds. The summed E-state index contributed by atoms with van der Waals surface area (Å²) in [4.78, 5) is 2.65. The summed E-state index contributed by atoms with van der Waals surface area (Å²) in [6, 6.07) is 1.97. The fourth-order valence-electron chi connectivity index (χ4n) is 1.19. The number of nitriles is 1. The van der Waals surface area contributed by atoms with Gasteiger partial charge in [-0.2, -0.15) is 5.26 Å². The Morgan fingerprint density at radius 1 is 1.67 bits per heavy atom. The molecule has 2 unspecified atom stereocenters. The topological polar surface area (TPSA) is 93.8 Å². The van der Waals surface area contributed by atoms with Crippen LogP contribution in [-0.2, 0) is 4.74 Å². The molecule has 0 spiro atoms. The molecule has 0 aromatic rings. The molecule has 0 aromatic carbocycles. The molecule has 0 aliphatic rings. The number of rotatable bonds is 8. The Kier molecular flexibility index (Phi) is 8.49. The molecule has 15 heavy (non-hydrogen) atoms. The molecule has 0 saturated heterocycles. The number of hydrogen-bond donors (Lipinski definition) is 1. The maximum Gasteiger partial charge on any atom is 0.100 e.